The van der Waals surface area contributed by atoms with Crippen molar-refractivity contribution in [1.82, 2.24) is 9.97 Å². The van der Waals surface area contributed by atoms with Crippen LogP contribution in [-0.4, -0.2) is 34.1 Å². The average molecular weight is 418 g/mol. The Morgan fingerprint density at radius 2 is 1.81 bits per heavy atom. The summed E-state index contributed by atoms with van der Waals surface area (Å²) in [5.74, 6) is -0.963. The fourth-order valence-corrected chi connectivity index (χ4v) is 4.60. The van der Waals surface area contributed by atoms with Gasteiger partial charge in [0.2, 0.25) is 5.78 Å². The molecule has 2 aromatic heterocycles. The number of ether oxygens (including phenoxy) is 1. The van der Waals surface area contributed by atoms with Gasteiger partial charge in [-0.05, 0) is 76.6 Å². The molecule has 1 N–H and O–H groups in total. The van der Waals surface area contributed by atoms with Crippen LogP contribution >= 0.6 is 0 Å². The van der Waals surface area contributed by atoms with E-state index in [2.05, 4.69) is 4.98 Å². The maximum absolute atomic E-state index is 13.2. The van der Waals surface area contributed by atoms with Gasteiger partial charge in [-0.1, -0.05) is 11.6 Å². The second-order valence-corrected chi connectivity index (χ2v) is 8.32. The summed E-state index contributed by atoms with van der Waals surface area (Å²) in [7, 11) is 0. The molecule has 4 rings (SSSR count). The molecule has 0 aliphatic heterocycles. The predicted molar refractivity (Wildman–Crippen MR) is 118 cm³/mol. The van der Waals surface area contributed by atoms with Crippen molar-refractivity contribution in [3.8, 4) is 0 Å². The quantitative estimate of drug-likeness (QED) is 0.483. The third-order valence-corrected chi connectivity index (χ3v) is 6.02. The van der Waals surface area contributed by atoms with E-state index < -0.39 is 5.97 Å². The number of rotatable bonds is 5. The zero-order valence-electron chi connectivity index (χ0n) is 18.3. The molecule has 0 fully saturated rings. The number of aromatic amines is 1. The van der Waals surface area contributed by atoms with Gasteiger partial charge in [-0.25, -0.2) is 4.79 Å². The number of nitrogens with zero attached hydrogens (tertiary/aromatic N) is 1. The van der Waals surface area contributed by atoms with Crippen molar-refractivity contribution >= 4 is 28.4 Å². The Morgan fingerprint density at radius 3 is 2.52 bits per heavy atom. The average Bonchev–Trinajstić information content (AvgIpc) is 3.04. The summed E-state index contributed by atoms with van der Waals surface area (Å²) < 4.78 is 5.50. The fourth-order valence-electron chi connectivity index (χ4n) is 4.60. The second-order valence-electron chi connectivity index (χ2n) is 8.32. The van der Waals surface area contributed by atoms with Gasteiger partial charge in [0, 0.05) is 22.3 Å². The van der Waals surface area contributed by atoms with Crippen LogP contribution in [0.5, 0.6) is 0 Å². The lowest BCUT2D eigenvalue weighted by atomic mass is 9.89. The zero-order chi connectivity index (χ0) is 22.3. The second kappa shape index (κ2) is 8.10. The molecule has 6 nitrogen and oxygen atoms in total. The number of esters is 1. The first kappa shape index (κ1) is 21.0. The largest absolute Gasteiger partial charge is 0.454 e. The number of benzene rings is 1. The normalized spacial score (nSPS) is 13.2. The number of ketones is 2. The van der Waals surface area contributed by atoms with Gasteiger partial charge in [-0.3, -0.25) is 14.6 Å². The Hall–Kier alpha value is -3.28. The summed E-state index contributed by atoms with van der Waals surface area (Å²) in [6.45, 7) is 6.54. The summed E-state index contributed by atoms with van der Waals surface area (Å²) in [6.07, 6.45) is 3.67. The molecular weight excluding hydrogens is 392 g/mol. The van der Waals surface area contributed by atoms with E-state index in [1.54, 1.807) is 13.8 Å². The third-order valence-electron chi connectivity index (χ3n) is 6.02. The summed E-state index contributed by atoms with van der Waals surface area (Å²) in [6, 6.07) is 5.86. The molecule has 0 unspecified atom stereocenters. The van der Waals surface area contributed by atoms with Crippen molar-refractivity contribution in [2.75, 3.05) is 6.61 Å². The minimum absolute atomic E-state index is 0.104. The van der Waals surface area contributed by atoms with E-state index in [4.69, 9.17) is 9.72 Å². The summed E-state index contributed by atoms with van der Waals surface area (Å²) in [5, 5.41) is 0.767. The van der Waals surface area contributed by atoms with Crippen LogP contribution in [0.25, 0.3) is 10.9 Å². The summed E-state index contributed by atoms with van der Waals surface area (Å²) >= 11 is 0. The van der Waals surface area contributed by atoms with Crippen molar-refractivity contribution in [1.29, 1.82) is 0 Å². The predicted octanol–water partition coefficient (Wildman–Crippen LogP) is 4.61. The molecule has 31 heavy (non-hydrogen) atoms. The number of aromatic nitrogens is 2. The maximum atomic E-state index is 13.2. The van der Waals surface area contributed by atoms with Crippen LogP contribution in [0.4, 0.5) is 0 Å². The Morgan fingerprint density at radius 1 is 1.06 bits per heavy atom. The third kappa shape index (κ3) is 3.78. The summed E-state index contributed by atoms with van der Waals surface area (Å²) in [5.41, 5.74) is 6.27. The smallest absolute Gasteiger partial charge is 0.339 e. The minimum atomic E-state index is -0.503. The van der Waals surface area contributed by atoms with Gasteiger partial charge in [0.25, 0.3) is 0 Å². The van der Waals surface area contributed by atoms with Gasteiger partial charge >= 0.3 is 5.97 Å². The topological polar surface area (TPSA) is 89.1 Å². The molecule has 0 radical (unpaired) electrons. The van der Waals surface area contributed by atoms with Crippen LogP contribution in [0.1, 0.15) is 79.0 Å². The Kier molecular flexibility index (Phi) is 5.48. The first-order chi connectivity index (χ1) is 14.8. The number of carbonyl (C=O) groups excluding carboxylic acids is 3. The van der Waals surface area contributed by atoms with Crippen molar-refractivity contribution in [2.24, 2.45) is 0 Å². The molecule has 3 aromatic rings. The molecule has 1 aliphatic rings. The van der Waals surface area contributed by atoms with Crippen LogP contribution in [0.3, 0.4) is 0 Å². The molecule has 0 amide bonds. The Balaban J connectivity index is 1.65. The zero-order valence-corrected chi connectivity index (χ0v) is 18.3. The fraction of sp³-hybridized carbons (Fsp3) is 0.360. The lowest BCUT2D eigenvalue weighted by Gasteiger charge is -2.20. The summed E-state index contributed by atoms with van der Waals surface area (Å²) in [4.78, 5) is 45.5. The molecule has 1 aliphatic carbocycles. The number of carbonyl (C=O) groups is 3. The molecule has 0 spiro atoms. The first-order valence-electron chi connectivity index (χ1n) is 10.6. The van der Waals surface area contributed by atoms with E-state index in [9.17, 15) is 14.4 Å². The van der Waals surface area contributed by atoms with Crippen LogP contribution in [0, 0.1) is 20.8 Å². The van der Waals surface area contributed by atoms with Crippen molar-refractivity contribution in [3.05, 3.63) is 63.1 Å². The van der Waals surface area contributed by atoms with Crippen molar-refractivity contribution in [3.63, 3.8) is 0 Å². The highest BCUT2D eigenvalue weighted by atomic mass is 16.5. The molecule has 0 saturated carbocycles. The standard InChI is InChI=1S/C25H26N2O4/c1-13-9-10-20-18(11-13)23(17-7-5-6-8-19(17)27-20)25(30)31-12-21(29)24-14(2)22(16(4)28)15(3)26-24/h9-11,26H,5-8,12H2,1-4H3. The van der Waals surface area contributed by atoms with Gasteiger partial charge < -0.3 is 9.72 Å². The molecule has 1 aromatic carbocycles. The monoisotopic (exact) mass is 418 g/mol. The highest BCUT2D eigenvalue weighted by molar-refractivity contribution is 6.07. The van der Waals surface area contributed by atoms with E-state index in [-0.39, 0.29) is 18.2 Å². The number of hydrogen-bond acceptors (Lipinski definition) is 5. The van der Waals surface area contributed by atoms with Gasteiger partial charge in [0.15, 0.2) is 12.4 Å². The van der Waals surface area contributed by atoms with E-state index in [1.807, 2.05) is 25.1 Å². The van der Waals surface area contributed by atoms with E-state index in [1.165, 1.54) is 6.92 Å². The van der Waals surface area contributed by atoms with Crippen LogP contribution in [-0.2, 0) is 17.6 Å². The molecule has 6 heteroatoms. The maximum Gasteiger partial charge on any atom is 0.339 e. The number of aryl methyl sites for hydroxylation is 3. The van der Waals surface area contributed by atoms with Crippen molar-refractivity contribution in [2.45, 2.75) is 53.4 Å². The van der Waals surface area contributed by atoms with E-state index in [0.29, 0.717) is 28.1 Å². The number of hydrogen-bond donors (Lipinski definition) is 1. The molecule has 0 saturated heterocycles. The molecular formula is C25H26N2O4. The highest BCUT2D eigenvalue weighted by Gasteiger charge is 2.25. The minimum Gasteiger partial charge on any atom is -0.454 e. The molecule has 0 atom stereocenters. The molecule has 2 heterocycles. The van der Waals surface area contributed by atoms with Gasteiger partial charge in [-0.15, -0.1) is 0 Å². The van der Waals surface area contributed by atoms with E-state index >= 15 is 0 Å². The number of Topliss-reactive ketones (excluding diaryl/α,β-unsaturated/α-hetero) is 2. The van der Waals surface area contributed by atoms with Crippen LogP contribution < -0.4 is 0 Å². The lowest BCUT2D eigenvalue weighted by Crippen LogP contribution is -2.19. The van der Waals surface area contributed by atoms with Gasteiger partial charge in [0.1, 0.15) is 0 Å². The SMILES string of the molecule is CC(=O)c1c(C)[nH]c(C(=O)COC(=O)c2c3c(nc4ccc(C)cc24)CCCC3)c1C. The Labute approximate surface area is 181 Å². The number of nitrogens with one attached hydrogen (secondary N) is 1. The molecule has 160 valence electrons. The number of pyridine rings is 1. The highest BCUT2D eigenvalue weighted by Crippen LogP contribution is 2.30. The molecule has 0 bridgehead atoms. The van der Waals surface area contributed by atoms with Crippen LogP contribution in [0.15, 0.2) is 18.2 Å². The lowest BCUT2D eigenvalue weighted by molar-refractivity contribution is 0.0474. The van der Waals surface area contributed by atoms with Gasteiger partial charge in [-0.2, -0.15) is 0 Å². The van der Waals surface area contributed by atoms with Crippen LogP contribution in [0.2, 0.25) is 0 Å². The van der Waals surface area contributed by atoms with Gasteiger partial charge in [0.05, 0.1) is 16.8 Å². The number of fused-ring (bicyclic) bond motifs is 2. The Bertz CT molecular complexity index is 1240. The number of H-pyrrole nitrogens is 1. The first-order valence-corrected chi connectivity index (χ1v) is 10.6. The van der Waals surface area contributed by atoms with E-state index in [0.717, 1.165) is 53.4 Å². The van der Waals surface area contributed by atoms with Crippen molar-refractivity contribution < 1.29 is 19.1 Å².